The van der Waals surface area contributed by atoms with Gasteiger partial charge in [0.05, 0.1) is 22.5 Å². The van der Waals surface area contributed by atoms with Gasteiger partial charge in [0.25, 0.3) is 0 Å². The second kappa shape index (κ2) is 8.42. The number of hydrogen-bond donors (Lipinski definition) is 1. The number of anilines is 1. The van der Waals surface area contributed by atoms with E-state index >= 15 is 0 Å². The molecule has 0 bridgehead atoms. The zero-order chi connectivity index (χ0) is 21.3. The van der Waals surface area contributed by atoms with Crippen molar-refractivity contribution in [1.82, 2.24) is 25.3 Å². The van der Waals surface area contributed by atoms with Crippen molar-refractivity contribution < 1.29 is 4.79 Å². The van der Waals surface area contributed by atoms with E-state index < -0.39 is 0 Å². The van der Waals surface area contributed by atoms with Gasteiger partial charge in [-0.3, -0.25) is 4.79 Å². The number of nitrogens with one attached hydrogen (secondary N) is 1. The second-order valence-corrected chi connectivity index (χ2v) is 8.22. The molecule has 1 fully saturated rings. The lowest BCUT2D eigenvalue weighted by atomic mass is 9.95. The molecule has 1 saturated heterocycles. The summed E-state index contributed by atoms with van der Waals surface area (Å²) in [6, 6.07) is 8.37. The number of rotatable bonds is 5. The Morgan fingerprint density at radius 2 is 1.80 bits per heavy atom. The monoisotopic (exact) mass is 406 g/mol. The van der Waals surface area contributed by atoms with Gasteiger partial charge in [0.2, 0.25) is 5.91 Å². The van der Waals surface area contributed by atoms with Gasteiger partial charge in [0.15, 0.2) is 5.82 Å². The smallest absolute Gasteiger partial charge is 0.223 e. The maximum atomic E-state index is 12.3. The highest BCUT2D eigenvalue weighted by molar-refractivity contribution is 5.92. The van der Waals surface area contributed by atoms with Gasteiger partial charge in [-0.1, -0.05) is 24.6 Å². The number of amides is 1. The summed E-state index contributed by atoms with van der Waals surface area (Å²) in [5.74, 6) is 1.07. The highest BCUT2D eigenvalue weighted by atomic mass is 16.1. The van der Waals surface area contributed by atoms with Crippen molar-refractivity contribution in [3.8, 4) is 5.69 Å². The van der Waals surface area contributed by atoms with Crippen LogP contribution in [0.25, 0.3) is 16.6 Å². The zero-order valence-electron chi connectivity index (χ0n) is 18.3. The van der Waals surface area contributed by atoms with Gasteiger partial charge in [-0.2, -0.15) is 10.2 Å². The van der Waals surface area contributed by atoms with E-state index in [9.17, 15) is 4.79 Å². The largest absolute Gasteiger partial charge is 0.356 e. The SMILES string of the molecule is CCCNC(=O)C1CCN(c2nnc(C)c3c(C)n(-c4ccc(C)cc4)nc23)CC1. The number of nitrogens with zero attached hydrogens (tertiary/aromatic N) is 5. The summed E-state index contributed by atoms with van der Waals surface area (Å²) in [6.07, 6.45) is 2.61. The highest BCUT2D eigenvalue weighted by Crippen LogP contribution is 2.31. The summed E-state index contributed by atoms with van der Waals surface area (Å²) in [5, 5.41) is 18.0. The normalized spacial score (nSPS) is 15.0. The summed E-state index contributed by atoms with van der Waals surface area (Å²) < 4.78 is 1.98. The van der Waals surface area contributed by atoms with Gasteiger partial charge < -0.3 is 10.2 Å². The number of carbonyl (C=O) groups is 1. The highest BCUT2D eigenvalue weighted by Gasteiger charge is 2.28. The second-order valence-electron chi connectivity index (χ2n) is 8.22. The summed E-state index contributed by atoms with van der Waals surface area (Å²) in [4.78, 5) is 14.5. The maximum Gasteiger partial charge on any atom is 0.223 e. The molecule has 1 amide bonds. The van der Waals surface area contributed by atoms with Crippen molar-refractivity contribution in [2.75, 3.05) is 24.5 Å². The van der Waals surface area contributed by atoms with Gasteiger partial charge in [-0.05, 0) is 52.2 Å². The molecule has 2 aromatic heterocycles. The van der Waals surface area contributed by atoms with Crippen LogP contribution in [-0.2, 0) is 4.79 Å². The number of benzene rings is 1. The van der Waals surface area contributed by atoms with Crippen LogP contribution in [0, 0.1) is 26.7 Å². The van der Waals surface area contributed by atoms with Crippen LogP contribution in [0.15, 0.2) is 24.3 Å². The first-order chi connectivity index (χ1) is 14.5. The topological polar surface area (TPSA) is 75.9 Å². The Hall–Kier alpha value is -2.96. The van der Waals surface area contributed by atoms with Gasteiger partial charge in [-0.25, -0.2) is 4.68 Å². The lowest BCUT2D eigenvalue weighted by molar-refractivity contribution is -0.125. The van der Waals surface area contributed by atoms with Crippen molar-refractivity contribution in [3.05, 3.63) is 41.2 Å². The zero-order valence-corrected chi connectivity index (χ0v) is 18.3. The molecule has 3 heterocycles. The molecule has 7 nitrogen and oxygen atoms in total. The molecule has 1 aliphatic heterocycles. The average molecular weight is 407 g/mol. The van der Waals surface area contributed by atoms with Gasteiger partial charge in [0, 0.05) is 25.6 Å². The average Bonchev–Trinajstić information content (AvgIpc) is 3.11. The molecule has 7 heteroatoms. The minimum atomic E-state index is 0.0774. The first-order valence-electron chi connectivity index (χ1n) is 10.8. The fraction of sp³-hybridized carbons (Fsp3) is 0.478. The van der Waals surface area contributed by atoms with E-state index in [4.69, 9.17) is 5.10 Å². The summed E-state index contributed by atoms with van der Waals surface area (Å²) in [6.45, 7) is 10.5. The number of aromatic nitrogens is 4. The lowest BCUT2D eigenvalue weighted by Gasteiger charge is -2.31. The third kappa shape index (κ3) is 3.76. The molecule has 0 spiro atoms. The van der Waals surface area contributed by atoms with Crippen molar-refractivity contribution >= 4 is 22.6 Å². The Morgan fingerprint density at radius 3 is 2.47 bits per heavy atom. The molecule has 0 aliphatic carbocycles. The molecular formula is C23H30N6O. The molecule has 1 N–H and O–H groups in total. The third-order valence-electron chi connectivity index (χ3n) is 5.98. The molecule has 30 heavy (non-hydrogen) atoms. The summed E-state index contributed by atoms with van der Waals surface area (Å²) >= 11 is 0. The minimum absolute atomic E-state index is 0.0774. The van der Waals surface area contributed by atoms with Crippen LogP contribution in [0.2, 0.25) is 0 Å². The minimum Gasteiger partial charge on any atom is -0.356 e. The molecule has 3 aromatic rings. The van der Waals surface area contributed by atoms with E-state index in [0.29, 0.717) is 0 Å². The molecule has 4 rings (SSSR count). The maximum absolute atomic E-state index is 12.3. The summed E-state index contributed by atoms with van der Waals surface area (Å²) in [5.41, 5.74) is 5.09. The van der Waals surface area contributed by atoms with Crippen molar-refractivity contribution in [1.29, 1.82) is 0 Å². The Morgan fingerprint density at radius 1 is 1.10 bits per heavy atom. The predicted molar refractivity (Wildman–Crippen MR) is 119 cm³/mol. The van der Waals surface area contributed by atoms with Crippen molar-refractivity contribution in [2.45, 2.75) is 47.0 Å². The quantitative estimate of drug-likeness (QED) is 0.702. The van der Waals surface area contributed by atoms with Crippen LogP contribution in [-0.4, -0.2) is 45.5 Å². The van der Waals surface area contributed by atoms with Crippen LogP contribution >= 0.6 is 0 Å². The van der Waals surface area contributed by atoms with Crippen molar-refractivity contribution in [2.24, 2.45) is 5.92 Å². The number of piperidine rings is 1. The Labute approximate surface area is 177 Å². The Balaban J connectivity index is 1.63. The molecule has 1 aliphatic rings. The van der Waals surface area contributed by atoms with Crippen LogP contribution in [0.3, 0.4) is 0 Å². The van der Waals surface area contributed by atoms with Gasteiger partial charge >= 0.3 is 0 Å². The van der Waals surface area contributed by atoms with E-state index in [1.165, 1.54) is 5.56 Å². The van der Waals surface area contributed by atoms with Crippen LogP contribution in [0.1, 0.15) is 43.1 Å². The molecule has 0 unspecified atom stereocenters. The van der Waals surface area contributed by atoms with E-state index in [0.717, 1.165) is 72.7 Å². The fourth-order valence-electron chi connectivity index (χ4n) is 4.21. The molecular weight excluding hydrogens is 376 g/mol. The third-order valence-corrected chi connectivity index (χ3v) is 5.98. The molecule has 158 valence electrons. The van der Waals surface area contributed by atoms with Crippen LogP contribution in [0.4, 0.5) is 5.82 Å². The van der Waals surface area contributed by atoms with E-state index in [-0.39, 0.29) is 11.8 Å². The first kappa shape index (κ1) is 20.3. The molecule has 0 atom stereocenters. The number of hydrogen-bond acceptors (Lipinski definition) is 5. The summed E-state index contributed by atoms with van der Waals surface area (Å²) in [7, 11) is 0. The van der Waals surface area contributed by atoms with Crippen LogP contribution in [0.5, 0.6) is 0 Å². The van der Waals surface area contributed by atoms with Gasteiger partial charge in [-0.15, -0.1) is 5.10 Å². The fourth-order valence-corrected chi connectivity index (χ4v) is 4.21. The van der Waals surface area contributed by atoms with Crippen LogP contribution < -0.4 is 10.2 Å². The number of carbonyl (C=O) groups excluding carboxylic acids is 1. The first-order valence-corrected chi connectivity index (χ1v) is 10.8. The molecule has 0 saturated carbocycles. The number of fused-ring (bicyclic) bond motifs is 1. The standard InChI is InChI=1S/C23H30N6O/c1-5-12-24-23(30)18-10-13-28(14-11-18)22-21-20(16(3)25-26-22)17(4)29(27-21)19-8-6-15(2)7-9-19/h6-9,18H,5,10-14H2,1-4H3,(H,24,30). The van der Waals surface area contributed by atoms with E-state index in [2.05, 4.69) is 65.5 Å². The predicted octanol–water partition coefficient (Wildman–Crippen LogP) is 3.48. The molecule has 0 radical (unpaired) electrons. The lowest BCUT2D eigenvalue weighted by Crippen LogP contribution is -2.41. The Bertz CT molecular complexity index is 1050. The van der Waals surface area contributed by atoms with Gasteiger partial charge in [0.1, 0.15) is 5.52 Å². The Kier molecular flexibility index (Phi) is 5.70. The molecule has 1 aromatic carbocycles. The number of aryl methyl sites for hydroxylation is 3. The van der Waals surface area contributed by atoms with E-state index in [1.807, 2.05) is 11.6 Å². The van der Waals surface area contributed by atoms with Crippen molar-refractivity contribution in [3.63, 3.8) is 0 Å². The van der Waals surface area contributed by atoms with E-state index in [1.54, 1.807) is 0 Å².